The Morgan fingerprint density at radius 2 is 1.92 bits per heavy atom. The number of aliphatic imine (C=N–C) groups is 1. The fourth-order valence-electron chi connectivity index (χ4n) is 3.10. The molecule has 0 fully saturated rings. The second-order valence-electron chi connectivity index (χ2n) is 6.51. The molecule has 0 aromatic heterocycles. The van der Waals surface area contributed by atoms with Gasteiger partial charge < -0.3 is 10.8 Å². The maximum atomic E-state index is 11.2. The minimum atomic E-state index is -0.809. The lowest BCUT2D eigenvalue weighted by Crippen LogP contribution is -2.52. The lowest BCUT2D eigenvalue weighted by molar-refractivity contribution is -0.778. The summed E-state index contributed by atoms with van der Waals surface area (Å²) in [4.78, 5) is 15.6. The van der Waals surface area contributed by atoms with Gasteiger partial charge in [-0.15, -0.1) is 0 Å². The monoisotopic (exact) mass is 336 g/mol. The summed E-state index contributed by atoms with van der Waals surface area (Å²) in [5, 5.41) is 9.18. The molecule has 1 unspecified atom stereocenters. The summed E-state index contributed by atoms with van der Waals surface area (Å²) in [6.45, 7) is 3.32. The van der Waals surface area contributed by atoms with E-state index in [1.165, 1.54) is 32.1 Å². The number of hydrogen-bond donors (Lipinski definition) is 2. The van der Waals surface area contributed by atoms with Gasteiger partial charge in [0.15, 0.2) is 6.54 Å². The molecular formula is C19H34N3O2+. The third kappa shape index (κ3) is 7.41. The Morgan fingerprint density at radius 1 is 1.21 bits per heavy atom. The number of allylic oxidation sites excluding steroid dienone is 2. The van der Waals surface area contributed by atoms with Crippen molar-refractivity contribution in [2.45, 2.75) is 64.7 Å². The van der Waals surface area contributed by atoms with Crippen LogP contribution in [-0.2, 0) is 4.79 Å². The van der Waals surface area contributed by atoms with Crippen molar-refractivity contribution >= 4 is 11.8 Å². The van der Waals surface area contributed by atoms with Gasteiger partial charge in [-0.25, -0.2) is 14.3 Å². The molecule has 5 nitrogen and oxygen atoms in total. The molecule has 0 radical (unpaired) electrons. The summed E-state index contributed by atoms with van der Waals surface area (Å²) >= 11 is 0. The molecule has 1 rings (SSSR count). The zero-order valence-electron chi connectivity index (χ0n) is 15.1. The van der Waals surface area contributed by atoms with E-state index >= 15 is 0 Å². The van der Waals surface area contributed by atoms with Crippen LogP contribution in [-0.4, -0.2) is 41.0 Å². The second-order valence-corrected chi connectivity index (χ2v) is 6.51. The molecule has 0 aromatic rings. The number of rotatable bonds is 14. The van der Waals surface area contributed by atoms with Gasteiger partial charge >= 0.3 is 5.97 Å². The van der Waals surface area contributed by atoms with E-state index in [4.69, 9.17) is 5.73 Å². The number of hydrogen-bond acceptors (Lipinski definition) is 3. The Bertz CT molecular complexity index is 458. The molecule has 0 saturated heterocycles. The van der Waals surface area contributed by atoms with Crippen LogP contribution in [0.15, 0.2) is 29.5 Å². The molecule has 0 saturated carbocycles. The van der Waals surface area contributed by atoms with Crippen LogP contribution in [0.5, 0.6) is 0 Å². The van der Waals surface area contributed by atoms with Crippen LogP contribution in [0.4, 0.5) is 0 Å². The molecular weight excluding hydrogens is 302 g/mol. The van der Waals surface area contributed by atoms with Gasteiger partial charge in [-0.2, -0.15) is 0 Å². The first-order chi connectivity index (χ1) is 11.6. The highest BCUT2D eigenvalue weighted by Gasteiger charge is 2.36. The number of carbonyl (C=O) groups is 1. The topological polar surface area (TPSA) is 75.7 Å². The highest BCUT2D eigenvalue weighted by molar-refractivity contribution is 5.81. The number of nitrogens with zero attached hydrogens (tertiary/aromatic N) is 2. The van der Waals surface area contributed by atoms with E-state index < -0.39 is 5.97 Å². The minimum Gasteiger partial charge on any atom is -0.477 e. The number of carboxylic acid groups (broad SMARTS) is 1. The fourth-order valence-corrected chi connectivity index (χ4v) is 3.10. The van der Waals surface area contributed by atoms with Gasteiger partial charge in [0, 0.05) is 13.0 Å². The van der Waals surface area contributed by atoms with Gasteiger partial charge in [0.25, 0.3) is 0 Å². The van der Waals surface area contributed by atoms with Crippen LogP contribution < -0.4 is 5.73 Å². The number of quaternary nitrogens is 1. The molecule has 0 aliphatic carbocycles. The lowest BCUT2D eigenvalue weighted by Gasteiger charge is -2.30. The summed E-state index contributed by atoms with van der Waals surface area (Å²) < 4.78 is 0.295. The summed E-state index contributed by atoms with van der Waals surface area (Å²) in [5.41, 5.74) is 5.68. The van der Waals surface area contributed by atoms with Crippen molar-refractivity contribution in [1.29, 1.82) is 0 Å². The van der Waals surface area contributed by atoms with E-state index in [2.05, 4.69) is 24.1 Å². The van der Waals surface area contributed by atoms with E-state index in [-0.39, 0.29) is 6.54 Å². The molecule has 1 heterocycles. The third-order valence-corrected chi connectivity index (χ3v) is 4.45. The van der Waals surface area contributed by atoms with Gasteiger partial charge in [-0.3, -0.25) is 0 Å². The van der Waals surface area contributed by atoms with Crippen molar-refractivity contribution < 1.29 is 14.4 Å². The minimum absolute atomic E-state index is 0.0348. The number of amidine groups is 1. The molecule has 0 amide bonds. The predicted molar refractivity (Wildman–Crippen MR) is 99.6 cm³/mol. The largest absolute Gasteiger partial charge is 0.477 e. The fraction of sp³-hybridized carbons (Fsp3) is 0.684. The zero-order valence-corrected chi connectivity index (χ0v) is 15.1. The van der Waals surface area contributed by atoms with Gasteiger partial charge in [0.05, 0.1) is 6.20 Å². The van der Waals surface area contributed by atoms with Crippen LogP contribution in [0.2, 0.25) is 0 Å². The Kier molecular flexibility index (Phi) is 10.3. The molecule has 1 aliphatic rings. The first-order valence-electron chi connectivity index (χ1n) is 9.33. The Balaban J connectivity index is 2.25. The molecule has 24 heavy (non-hydrogen) atoms. The first-order valence-corrected chi connectivity index (χ1v) is 9.33. The predicted octanol–water partition coefficient (Wildman–Crippen LogP) is 3.82. The molecule has 0 aromatic carbocycles. The number of nitrogens with two attached hydrogens (primary N) is 1. The molecule has 3 N–H and O–H groups in total. The third-order valence-electron chi connectivity index (χ3n) is 4.45. The molecule has 136 valence electrons. The van der Waals surface area contributed by atoms with Crippen molar-refractivity contribution in [3.63, 3.8) is 0 Å². The molecule has 1 atom stereocenters. The zero-order chi connectivity index (χ0) is 17.7. The van der Waals surface area contributed by atoms with Gasteiger partial charge in [0.2, 0.25) is 5.84 Å². The Hall–Kier alpha value is -1.46. The summed E-state index contributed by atoms with van der Waals surface area (Å²) in [5.74, 6) is 0.133. The SMILES string of the molecule is CCCCC/C=C/CCCCCC1=NC=C[N+]1(CCN)CC(=O)O. The Morgan fingerprint density at radius 3 is 2.54 bits per heavy atom. The maximum Gasteiger partial charge on any atom is 0.360 e. The number of carboxylic acids is 1. The first kappa shape index (κ1) is 20.6. The number of aliphatic carboxylic acids is 1. The van der Waals surface area contributed by atoms with E-state index in [1.54, 1.807) is 6.20 Å². The van der Waals surface area contributed by atoms with Crippen LogP contribution in [0.25, 0.3) is 0 Å². The summed E-state index contributed by atoms with van der Waals surface area (Å²) in [7, 11) is 0. The molecule has 1 aliphatic heterocycles. The smallest absolute Gasteiger partial charge is 0.360 e. The van der Waals surface area contributed by atoms with Crippen molar-refractivity contribution in [1.82, 2.24) is 0 Å². The van der Waals surface area contributed by atoms with Crippen LogP contribution in [0.1, 0.15) is 64.7 Å². The standard InChI is InChI=1S/C19H33N3O2/c1-2-3-4-5-6-7-8-9-10-11-12-18-21-14-16-22(18,15-13-20)17-19(23)24/h6-7,14,16H,2-5,8-13,15,17,20H2,1H3/p+1/b7-6+. The quantitative estimate of drug-likeness (QED) is 0.288. The summed E-state index contributed by atoms with van der Waals surface area (Å²) in [6, 6.07) is 0. The Labute approximate surface area is 146 Å². The van der Waals surface area contributed by atoms with Crippen molar-refractivity contribution in [2.24, 2.45) is 10.7 Å². The molecule has 5 heteroatoms. The van der Waals surface area contributed by atoms with Crippen molar-refractivity contribution in [3.05, 3.63) is 24.6 Å². The van der Waals surface area contributed by atoms with Gasteiger partial charge in [0.1, 0.15) is 12.7 Å². The second kappa shape index (κ2) is 12.0. The van der Waals surface area contributed by atoms with E-state index in [9.17, 15) is 9.90 Å². The van der Waals surface area contributed by atoms with Crippen molar-refractivity contribution in [3.8, 4) is 0 Å². The normalized spacial score (nSPS) is 20.0. The highest BCUT2D eigenvalue weighted by atomic mass is 16.4. The molecule has 0 bridgehead atoms. The van der Waals surface area contributed by atoms with Gasteiger partial charge in [-0.1, -0.05) is 38.3 Å². The molecule has 0 spiro atoms. The summed E-state index contributed by atoms with van der Waals surface area (Å²) in [6.07, 6.45) is 18.6. The average Bonchev–Trinajstić information content (AvgIpc) is 2.91. The lowest BCUT2D eigenvalue weighted by atomic mass is 10.1. The van der Waals surface area contributed by atoms with Crippen LogP contribution in [0, 0.1) is 0 Å². The van der Waals surface area contributed by atoms with E-state index in [1.807, 2.05) is 6.20 Å². The van der Waals surface area contributed by atoms with E-state index in [0.717, 1.165) is 31.5 Å². The average molecular weight is 337 g/mol. The van der Waals surface area contributed by atoms with Gasteiger partial charge in [-0.05, 0) is 32.1 Å². The number of unbranched alkanes of at least 4 members (excludes halogenated alkanes) is 6. The maximum absolute atomic E-state index is 11.2. The van der Waals surface area contributed by atoms with Crippen LogP contribution >= 0.6 is 0 Å². The highest BCUT2D eigenvalue weighted by Crippen LogP contribution is 2.20. The van der Waals surface area contributed by atoms with Crippen molar-refractivity contribution in [2.75, 3.05) is 19.6 Å². The van der Waals surface area contributed by atoms with E-state index in [0.29, 0.717) is 17.6 Å². The van der Waals surface area contributed by atoms with Crippen LogP contribution in [0.3, 0.4) is 0 Å².